The lowest BCUT2D eigenvalue weighted by molar-refractivity contribution is 0.0713. The second-order valence-corrected chi connectivity index (χ2v) is 8.75. The largest absolute Gasteiger partial charge is 0.445 e. The molecule has 0 spiro atoms. The number of ether oxygens (including phenoxy) is 1. The van der Waals surface area contributed by atoms with E-state index in [-0.39, 0.29) is 31.8 Å². The van der Waals surface area contributed by atoms with Gasteiger partial charge < -0.3 is 14.7 Å². The van der Waals surface area contributed by atoms with Crippen LogP contribution in [0.1, 0.15) is 16.7 Å². The zero-order chi connectivity index (χ0) is 24.1. The van der Waals surface area contributed by atoms with E-state index in [1.807, 2.05) is 42.5 Å². The van der Waals surface area contributed by atoms with Crippen LogP contribution in [0.25, 0.3) is 0 Å². The van der Waals surface area contributed by atoms with E-state index in [0.29, 0.717) is 11.6 Å². The Morgan fingerprint density at radius 1 is 0.941 bits per heavy atom. The van der Waals surface area contributed by atoms with Crippen molar-refractivity contribution in [2.24, 2.45) is 0 Å². The topological polar surface area (TPSA) is 53.0 Å². The Balaban J connectivity index is 1.50. The molecule has 3 aromatic carbocycles. The zero-order valence-corrected chi connectivity index (χ0v) is 19.2. The molecule has 34 heavy (non-hydrogen) atoms. The molecule has 0 saturated carbocycles. The molecule has 1 saturated heterocycles. The molecule has 5 nitrogen and oxygen atoms in total. The van der Waals surface area contributed by atoms with Crippen molar-refractivity contribution in [2.75, 3.05) is 13.1 Å². The minimum atomic E-state index is -0.911. The van der Waals surface area contributed by atoms with Crippen molar-refractivity contribution in [2.45, 2.75) is 31.8 Å². The molecular weight excluding hydrogens is 462 g/mol. The molecule has 0 bridgehead atoms. The van der Waals surface area contributed by atoms with Gasteiger partial charge in [0.15, 0.2) is 0 Å². The van der Waals surface area contributed by atoms with Crippen LogP contribution in [0.2, 0.25) is 5.02 Å². The summed E-state index contributed by atoms with van der Waals surface area (Å²) in [6.07, 6.45) is -1.46. The number of carbonyl (C=O) groups excluding carboxylic acids is 1. The van der Waals surface area contributed by atoms with Crippen molar-refractivity contribution >= 4 is 17.7 Å². The molecule has 1 N–H and O–H groups in total. The van der Waals surface area contributed by atoms with Crippen molar-refractivity contribution in [1.29, 1.82) is 0 Å². The first-order valence-electron chi connectivity index (χ1n) is 11.0. The molecule has 2 atom stereocenters. The fourth-order valence-electron chi connectivity index (χ4n) is 4.09. The third kappa shape index (κ3) is 5.91. The van der Waals surface area contributed by atoms with Crippen LogP contribution >= 0.6 is 11.6 Å². The molecule has 0 unspecified atom stereocenters. The van der Waals surface area contributed by atoms with Gasteiger partial charge in [0, 0.05) is 30.2 Å². The standard InChI is InChI=1S/C26H25ClF2N2O3/c27-20-11-9-18(10-12-20)13-30(14-21-22(28)7-4-8-23(21)29)24-15-31(16-25(24)32)26(33)34-17-19-5-2-1-3-6-19/h1-12,24-25,32H,13-17H2/t24-,25-/m1/s1. The summed E-state index contributed by atoms with van der Waals surface area (Å²) in [5.41, 5.74) is 1.62. The van der Waals surface area contributed by atoms with Crippen LogP contribution in [0.15, 0.2) is 72.8 Å². The molecule has 0 radical (unpaired) electrons. The number of carbonyl (C=O) groups is 1. The van der Waals surface area contributed by atoms with Crippen molar-refractivity contribution in [3.05, 3.63) is 106 Å². The van der Waals surface area contributed by atoms with Gasteiger partial charge in [-0.2, -0.15) is 0 Å². The molecule has 1 amide bonds. The average molecular weight is 487 g/mol. The molecule has 4 rings (SSSR count). The van der Waals surface area contributed by atoms with Crippen molar-refractivity contribution in [1.82, 2.24) is 9.80 Å². The Bertz CT molecular complexity index is 1090. The lowest BCUT2D eigenvalue weighted by atomic mass is 10.1. The third-order valence-corrected chi connectivity index (χ3v) is 6.17. The molecule has 1 heterocycles. The Kier molecular flexibility index (Phi) is 7.77. The Hall–Kier alpha value is -3.00. The number of hydrogen-bond donors (Lipinski definition) is 1. The lowest BCUT2D eigenvalue weighted by Crippen LogP contribution is -2.43. The Morgan fingerprint density at radius 3 is 2.29 bits per heavy atom. The molecule has 1 aliphatic rings. The highest BCUT2D eigenvalue weighted by Crippen LogP contribution is 2.25. The monoisotopic (exact) mass is 486 g/mol. The summed E-state index contributed by atoms with van der Waals surface area (Å²) in [6, 6.07) is 19.6. The predicted molar refractivity (Wildman–Crippen MR) is 125 cm³/mol. The SMILES string of the molecule is O=C(OCc1ccccc1)N1C[C@@H](O)[C@H](N(Cc2ccc(Cl)cc2)Cc2c(F)cccc2F)C1. The van der Waals surface area contributed by atoms with E-state index in [1.54, 1.807) is 17.0 Å². The minimum absolute atomic E-state index is 0.0646. The van der Waals surface area contributed by atoms with Crippen LogP contribution in [0.4, 0.5) is 13.6 Å². The van der Waals surface area contributed by atoms with E-state index in [4.69, 9.17) is 16.3 Å². The van der Waals surface area contributed by atoms with Crippen LogP contribution in [0, 0.1) is 11.6 Å². The second kappa shape index (κ2) is 11.0. The molecule has 0 aromatic heterocycles. The van der Waals surface area contributed by atoms with E-state index >= 15 is 0 Å². The molecule has 3 aromatic rings. The number of rotatable bonds is 7. The lowest BCUT2D eigenvalue weighted by Gasteiger charge is -2.31. The van der Waals surface area contributed by atoms with Gasteiger partial charge in [-0.25, -0.2) is 13.6 Å². The Morgan fingerprint density at radius 2 is 1.62 bits per heavy atom. The van der Waals surface area contributed by atoms with Gasteiger partial charge in [-0.15, -0.1) is 0 Å². The molecule has 0 aliphatic carbocycles. The highest BCUT2D eigenvalue weighted by atomic mass is 35.5. The number of benzene rings is 3. The van der Waals surface area contributed by atoms with Gasteiger partial charge >= 0.3 is 6.09 Å². The first-order valence-corrected chi connectivity index (χ1v) is 11.3. The number of aliphatic hydroxyl groups excluding tert-OH is 1. The van der Waals surface area contributed by atoms with Crippen molar-refractivity contribution < 1.29 is 23.4 Å². The van der Waals surface area contributed by atoms with Gasteiger partial charge in [-0.05, 0) is 35.4 Å². The van der Waals surface area contributed by atoms with Crippen LogP contribution in [0.5, 0.6) is 0 Å². The number of hydrogen-bond acceptors (Lipinski definition) is 4. The summed E-state index contributed by atoms with van der Waals surface area (Å²) in [4.78, 5) is 15.8. The number of β-amino-alcohol motifs (C(OH)–C–C–N with tert-alkyl or cyclic N) is 1. The van der Waals surface area contributed by atoms with Gasteiger partial charge in [0.25, 0.3) is 0 Å². The Labute approximate surface area is 202 Å². The summed E-state index contributed by atoms with van der Waals surface area (Å²) in [6.45, 7) is 0.578. The van der Waals surface area contributed by atoms with Gasteiger partial charge in [-0.3, -0.25) is 4.90 Å². The quantitative estimate of drug-likeness (QED) is 0.510. The van der Waals surface area contributed by atoms with E-state index in [1.165, 1.54) is 23.1 Å². The van der Waals surface area contributed by atoms with Gasteiger partial charge in [0.2, 0.25) is 0 Å². The molecule has 1 fully saturated rings. The summed E-state index contributed by atoms with van der Waals surface area (Å²) in [5, 5.41) is 11.4. The van der Waals surface area contributed by atoms with Crippen LogP contribution < -0.4 is 0 Å². The first-order chi connectivity index (χ1) is 16.4. The smallest absolute Gasteiger partial charge is 0.410 e. The molecule has 1 aliphatic heterocycles. The summed E-state index contributed by atoms with van der Waals surface area (Å²) in [7, 11) is 0. The number of nitrogens with zero attached hydrogens (tertiary/aromatic N) is 2. The number of likely N-dealkylation sites (tertiary alicyclic amines) is 1. The van der Waals surface area contributed by atoms with Gasteiger partial charge in [0.1, 0.15) is 18.2 Å². The van der Waals surface area contributed by atoms with Gasteiger partial charge in [-0.1, -0.05) is 60.1 Å². The maximum atomic E-state index is 14.4. The summed E-state index contributed by atoms with van der Waals surface area (Å²) in [5.74, 6) is -1.32. The van der Waals surface area contributed by atoms with Crippen molar-refractivity contribution in [3.8, 4) is 0 Å². The second-order valence-electron chi connectivity index (χ2n) is 8.31. The highest BCUT2D eigenvalue weighted by Gasteiger charge is 2.39. The van der Waals surface area contributed by atoms with Crippen LogP contribution in [0.3, 0.4) is 0 Å². The van der Waals surface area contributed by atoms with Crippen LogP contribution in [-0.4, -0.2) is 46.2 Å². The first kappa shape index (κ1) is 24.1. The average Bonchev–Trinajstić information content (AvgIpc) is 3.23. The summed E-state index contributed by atoms with van der Waals surface area (Å²) >= 11 is 5.99. The van der Waals surface area contributed by atoms with E-state index in [2.05, 4.69) is 0 Å². The zero-order valence-electron chi connectivity index (χ0n) is 18.4. The molecule has 178 valence electrons. The van der Waals surface area contributed by atoms with Crippen molar-refractivity contribution in [3.63, 3.8) is 0 Å². The number of halogens is 3. The fourth-order valence-corrected chi connectivity index (χ4v) is 4.22. The normalized spacial score (nSPS) is 17.9. The fraction of sp³-hybridized carbons (Fsp3) is 0.269. The number of amides is 1. The van der Waals surface area contributed by atoms with Crippen LogP contribution in [-0.2, 0) is 24.4 Å². The summed E-state index contributed by atoms with van der Waals surface area (Å²) < 4.78 is 34.2. The predicted octanol–water partition coefficient (Wildman–Crippen LogP) is 5.00. The maximum Gasteiger partial charge on any atom is 0.410 e. The third-order valence-electron chi connectivity index (χ3n) is 5.91. The molecular formula is C26H25ClF2N2O3. The van der Waals surface area contributed by atoms with E-state index in [9.17, 15) is 18.7 Å². The van der Waals surface area contributed by atoms with E-state index < -0.39 is 29.9 Å². The van der Waals surface area contributed by atoms with E-state index in [0.717, 1.165) is 11.1 Å². The van der Waals surface area contributed by atoms with Gasteiger partial charge in [0.05, 0.1) is 18.7 Å². The number of aliphatic hydroxyl groups is 1. The highest BCUT2D eigenvalue weighted by molar-refractivity contribution is 6.30. The molecule has 8 heteroatoms. The minimum Gasteiger partial charge on any atom is -0.445 e. The maximum absolute atomic E-state index is 14.4.